The van der Waals surface area contributed by atoms with Crippen molar-refractivity contribution in [1.82, 2.24) is 24.6 Å². The molecule has 0 spiro atoms. The van der Waals surface area contributed by atoms with Gasteiger partial charge in [-0.3, -0.25) is 9.78 Å². The van der Waals surface area contributed by atoms with Crippen LogP contribution in [0.3, 0.4) is 0 Å². The van der Waals surface area contributed by atoms with Crippen LogP contribution in [0.25, 0.3) is 11.3 Å². The molecule has 1 fully saturated rings. The van der Waals surface area contributed by atoms with Crippen LogP contribution in [0.5, 0.6) is 6.01 Å². The smallest absolute Gasteiger partial charge is 0.433 e. The number of nitrogens with one attached hydrogen (secondary N) is 1. The minimum absolute atomic E-state index is 0.142. The Morgan fingerprint density at radius 2 is 1.87 bits per heavy atom. The van der Waals surface area contributed by atoms with E-state index in [1.165, 1.54) is 13.2 Å². The molecule has 1 aromatic carbocycles. The third-order valence-electron chi connectivity index (χ3n) is 5.66. The number of methoxy groups -OCH3 is 1. The molecule has 0 bridgehead atoms. The van der Waals surface area contributed by atoms with Crippen LogP contribution in [0.4, 0.5) is 22.0 Å². The van der Waals surface area contributed by atoms with Crippen molar-refractivity contribution < 1.29 is 39.9 Å². The minimum Gasteiger partial charge on any atom is -0.467 e. The van der Waals surface area contributed by atoms with Gasteiger partial charge in [-0.15, -0.1) is 0 Å². The Morgan fingerprint density at radius 1 is 1.16 bits per heavy atom. The fourth-order valence-corrected chi connectivity index (χ4v) is 5.44. The molecule has 1 N–H and O–H groups in total. The largest absolute Gasteiger partial charge is 0.467 e. The maximum atomic E-state index is 14.2. The second-order valence-corrected chi connectivity index (χ2v) is 10.1. The molecule has 0 radical (unpaired) electrons. The molecule has 2 aromatic heterocycles. The fourth-order valence-electron chi connectivity index (χ4n) is 3.81. The van der Waals surface area contributed by atoms with Gasteiger partial charge in [-0.05, 0) is 42.5 Å². The molecule has 2 unspecified atom stereocenters. The second-order valence-electron chi connectivity index (χ2n) is 8.26. The standard InChI is InChI=1S/C23H20F5N5O4S/c1-37-22-31-16(9-18(32-22)13-2-7-20(29-10-13)23(26,27)28)11-30-21(34)19-8-15(25)12-33(19)38(35,36)17-5-3-14(24)4-6-17/h2-7,9-10,15,19H,8,11-12H2,1H3,(H,30,34). The Morgan fingerprint density at radius 3 is 2.47 bits per heavy atom. The number of sulfonamides is 1. The molecular formula is C23H20F5N5O4S. The number of pyridine rings is 1. The molecular weight excluding hydrogens is 537 g/mol. The van der Waals surface area contributed by atoms with E-state index in [-0.39, 0.29) is 40.8 Å². The summed E-state index contributed by atoms with van der Waals surface area (Å²) in [5.41, 5.74) is -0.521. The number of hydrogen-bond donors (Lipinski definition) is 1. The monoisotopic (exact) mass is 557 g/mol. The average Bonchev–Trinajstić information content (AvgIpc) is 3.29. The average molecular weight is 558 g/mol. The van der Waals surface area contributed by atoms with Crippen molar-refractivity contribution in [2.24, 2.45) is 0 Å². The van der Waals surface area contributed by atoms with E-state index in [2.05, 4.69) is 20.3 Å². The Bertz CT molecular complexity index is 1420. The molecule has 1 saturated heterocycles. The van der Waals surface area contributed by atoms with Gasteiger partial charge in [0.2, 0.25) is 15.9 Å². The van der Waals surface area contributed by atoms with Gasteiger partial charge < -0.3 is 10.1 Å². The van der Waals surface area contributed by atoms with Crippen LogP contribution in [0.2, 0.25) is 0 Å². The van der Waals surface area contributed by atoms with E-state index in [9.17, 15) is 35.2 Å². The van der Waals surface area contributed by atoms with Crippen LogP contribution in [0.1, 0.15) is 17.8 Å². The first-order valence-corrected chi connectivity index (χ1v) is 12.5. The van der Waals surface area contributed by atoms with Gasteiger partial charge >= 0.3 is 12.2 Å². The van der Waals surface area contributed by atoms with E-state index >= 15 is 0 Å². The molecule has 3 heterocycles. The zero-order valence-electron chi connectivity index (χ0n) is 19.6. The molecule has 1 amide bonds. The molecule has 15 heteroatoms. The number of nitrogens with zero attached hydrogens (tertiary/aromatic N) is 4. The van der Waals surface area contributed by atoms with E-state index in [1.54, 1.807) is 0 Å². The van der Waals surface area contributed by atoms with Crippen molar-refractivity contribution in [2.75, 3.05) is 13.7 Å². The number of carbonyl (C=O) groups is 1. The third kappa shape index (κ3) is 5.88. The van der Waals surface area contributed by atoms with Crippen LogP contribution in [-0.4, -0.2) is 59.5 Å². The summed E-state index contributed by atoms with van der Waals surface area (Å²) in [5.74, 6) is -1.46. The normalized spacial score (nSPS) is 18.4. The number of alkyl halides is 4. The third-order valence-corrected chi connectivity index (χ3v) is 7.55. The summed E-state index contributed by atoms with van der Waals surface area (Å²) in [5, 5.41) is 2.50. The molecule has 0 saturated carbocycles. The van der Waals surface area contributed by atoms with Crippen molar-refractivity contribution in [3.8, 4) is 17.3 Å². The molecule has 38 heavy (non-hydrogen) atoms. The predicted octanol–water partition coefficient (Wildman–Crippen LogP) is 3.12. The highest BCUT2D eigenvalue weighted by molar-refractivity contribution is 7.89. The lowest BCUT2D eigenvalue weighted by Crippen LogP contribution is -2.45. The van der Waals surface area contributed by atoms with Gasteiger partial charge in [0.15, 0.2) is 0 Å². The van der Waals surface area contributed by atoms with Gasteiger partial charge in [-0.1, -0.05) is 0 Å². The zero-order chi connectivity index (χ0) is 27.7. The molecule has 1 aliphatic rings. The number of amides is 1. The maximum Gasteiger partial charge on any atom is 0.433 e. The lowest BCUT2D eigenvalue weighted by molar-refractivity contribution is -0.141. The van der Waals surface area contributed by atoms with Gasteiger partial charge in [-0.25, -0.2) is 17.2 Å². The number of hydrogen-bond acceptors (Lipinski definition) is 7. The first kappa shape index (κ1) is 27.3. The predicted molar refractivity (Wildman–Crippen MR) is 122 cm³/mol. The lowest BCUT2D eigenvalue weighted by atomic mass is 10.1. The summed E-state index contributed by atoms with van der Waals surface area (Å²) in [6.45, 7) is -0.805. The van der Waals surface area contributed by atoms with Crippen LogP contribution in [-0.2, 0) is 27.5 Å². The summed E-state index contributed by atoms with van der Waals surface area (Å²) < 4.78 is 97.7. The van der Waals surface area contributed by atoms with Crippen molar-refractivity contribution in [2.45, 2.75) is 36.3 Å². The SMILES string of the molecule is COc1nc(CNC(=O)C2CC(F)CN2S(=O)(=O)c2ccc(F)cc2)cc(-c2ccc(C(F)(F)F)nc2)n1. The summed E-state index contributed by atoms with van der Waals surface area (Å²) in [4.78, 5) is 24.2. The number of carbonyl (C=O) groups excluding carboxylic acids is 1. The molecule has 202 valence electrons. The van der Waals surface area contributed by atoms with Gasteiger partial charge in [0, 0.05) is 24.7 Å². The highest BCUT2D eigenvalue weighted by atomic mass is 32.2. The van der Waals surface area contributed by atoms with Crippen LogP contribution >= 0.6 is 0 Å². The Hall–Kier alpha value is -3.72. The Labute approximate surface area is 213 Å². The molecule has 1 aliphatic heterocycles. The summed E-state index contributed by atoms with van der Waals surface area (Å²) in [7, 11) is -3.03. The quantitative estimate of drug-likeness (QED) is 0.444. The Kier molecular flexibility index (Phi) is 7.60. The van der Waals surface area contributed by atoms with Crippen molar-refractivity contribution in [3.05, 3.63) is 65.9 Å². The van der Waals surface area contributed by atoms with Gasteiger partial charge in [-0.2, -0.15) is 27.4 Å². The lowest BCUT2D eigenvalue weighted by Gasteiger charge is -2.23. The van der Waals surface area contributed by atoms with Crippen molar-refractivity contribution in [1.29, 1.82) is 0 Å². The summed E-state index contributed by atoms with van der Waals surface area (Å²) in [6, 6.07) is 5.75. The first-order valence-electron chi connectivity index (χ1n) is 11.0. The van der Waals surface area contributed by atoms with Crippen molar-refractivity contribution >= 4 is 15.9 Å². The number of benzene rings is 1. The Balaban J connectivity index is 1.52. The van der Waals surface area contributed by atoms with E-state index < -0.39 is 52.4 Å². The van der Waals surface area contributed by atoms with Crippen LogP contribution in [0, 0.1) is 5.82 Å². The van der Waals surface area contributed by atoms with E-state index in [0.29, 0.717) is 0 Å². The van der Waals surface area contributed by atoms with Crippen LogP contribution in [0.15, 0.2) is 53.6 Å². The van der Waals surface area contributed by atoms with Gasteiger partial charge in [0.1, 0.15) is 23.7 Å². The van der Waals surface area contributed by atoms with Gasteiger partial charge in [0.05, 0.1) is 29.9 Å². The van der Waals surface area contributed by atoms with E-state index in [1.807, 2.05) is 0 Å². The zero-order valence-corrected chi connectivity index (χ0v) is 20.4. The van der Waals surface area contributed by atoms with Gasteiger partial charge in [0.25, 0.3) is 0 Å². The minimum atomic E-state index is -4.62. The maximum absolute atomic E-state index is 14.2. The van der Waals surface area contributed by atoms with E-state index in [0.717, 1.165) is 46.9 Å². The summed E-state index contributed by atoms with van der Waals surface area (Å²) in [6.07, 6.45) is -5.62. The number of aromatic nitrogens is 3. The molecule has 0 aliphatic carbocycles. The molecule has 2 atom stereocenters. The van der Waals surface area contributed by atoms with Crippen molar-refractivity contribution in [3.63, 3.8) is 0 Å². The first-order chi connectivity index (χ1) is 17.9. The topological polar surface area (TPSA) is 114 Å². The number of rotatable bonds is 7. The number of ether oxygens (including phenoxy) is 1. The molecule has 3 aromatic rings. The molecule has 4 rings (SSSR count). The number of halogens is 5. The molecule has 9 nitrogen and oxygen atoms in total. The highest BCUT2D eigenvalue weighted by Crippen LogP contribution is 2.30. The van der Waals surface area contributed by atoms with Crippen LogP contribution < -0.4 is 10.1 Å². The summed E-state index contributed by atoms with van der Waals surface area (Å²) >= 11 is 0. The second kappa shape index (κ2) is 10.6. The highest BCUT2D eigenvalue weighted by Gasteiger charge is 2.44. The fraction of sp³-hybridized carbons (Fsp3) is 0.304. The van der Waals surface area contributed by atoms with E-state index in [4.69, 9.17) is 4.74 Å².